The fourth-order valence-corrected chi connectivity index (χ4v) is 4.91. The normalized spacial score (nSPS) is 14.7. The predicted molar refractivity (Wildman–Crippen MR) is 155 cm³/mol. The van der Waals surface area contributed by atoms with Crippen molar-refractivity contribution in [1.82, 2.24) is 20.2 Å². The molecule has 208 valence electrons. The van der Waals surface area contributed by atoms with Crippen LogP contribution in [0.25, 0.3) is 17.1 Å². The zero-order valence-electron chi connectivity index (χ0n) is 21.2. The largest absolute Gasteiger partial charge is 0.573 e. The lowest BCUT2D eigenvalue weighted by Gasteiger charge is -2.18. The second-order valence-corrected chi connectivity index (χ2v) is 9.88. The third kappa shape index (κ3) is 6.96. The van der Waals surface area contributed by atoms with Gasteiger partial charge in [-0.2, -0.15) is 10.1 Å². The average molecular weight is 596 g/mol. The van der Waals surface area contributed by atoms with Gasteiger partial charge in [0.05, 0.1) is 23.3 Å². The molecule has 5 rings (SSSR count). The highest BCUT2D eigenvalue weighted by atomic mass is 32.2. The lowest BCUT2D eigenvalue weighted by molar-refractivity contribution is -0.274. The van der Waals surface area contributed by atoms with E-state index in [1.807, 2.05) is 49.4 Å². The molecule has 1 fully saturated rings. The van der Waals surface area contributed by atoms with Gasteiger partial charge < -0.3 is 4.74 Å². The number of thiocarbonyl (C=S) groups is 1. The number of amidine groups is 1. The van der Waals surface area contributed by atoms with Crippen molar-refractivity contribution in [1.29, 1.82) is 0 Å². The Morgan fingerprint density at radius 2 is 1.90 bits per heavy atom. The van der Waals surface area contributed by atoms with E-state index >= 15 is 0 Å². The lowest BCUT2D eigenvalue weighted by atomic mass is 10.1. The standard InChI is InChI=1S/C27H20F3N7O2S2/c1-17-5-2-3-8-22(17)37-23(38)15-41-26(37)33-25(40)34-32-14-18-6-4-7-19(13-18)24-31-16-36(35-24)20-9-11-21(12-10-20)39-27(28,29)30/h2-14,16H,15H2,1H3,(H,34,40)/b32-14+,33-26?. The highest BCUT2D eigenvalue weighted by Crippen LogP contribution is 2.29. The number of alkyl halides is 3. The number of aliphatic imine (C=N–C) groups is 1. The number of ether oxygens (including phenoxy) is 1. The Morgan fingerprint density at radius 1 is 1.12 bits per heavy atom. The molecular weight excluding hydrogens is 575 g/mol. The number of halogens is 3. The van der Waals surface area contributed by atoms with E-state index < -0.39 is 6.36 Å². The minimum Gasteiger partial charge on any atom is -0.406 e. The number of benzene rings is 3. The number of aromatic nitrogens is 3. The molecular formula is C27H20F3N7O2S2. The van der Waals surface area contributed by atoms with Crippen molar-refractivity contribution in [2.45, 2.75) is 13.3 Å². The summed E-state index contributed by atoms with van der Waals surface area (Å²) in [5, 5.41) is 9.15. The van der Waals surface area contributed by atoms with Gasteiger partial charge in [0, 0.05) is 5.56 Å². The summed E-state index contributed by atoms with van der Waals surface area (Å²) in [4.78, 5) is 22.7. The summed E-state index contributed by atoms with van der Waals surface area (Å²) in [5.41, 5.74) is 6.34. The van der Waals surface area contributed by atoms with E-state index in [1.165, 1.54) is 47.0 Å². The van der Waals surface area contributed by atoms with E-state index in [-0.39, 0.29) is 22.5 Å². The van der Waals surface area contributed by atoms with E-state index in [2.05, 4.69) is 30.3 Å². The fourth-order valence-electron chi connectivity index (χ4n) is 3.85. The van der Waals surface area contributed by atoms with Crippen molar-refractivity contribution in [3.63, 3.8) is 0 Å². The first-order valence-electron chi connectivity index (χ1n) is 12.0. The third-order valence-electron chi connectivity index (χ3n) is 5.66. The van der Waals surface area contributed by atoms with E-state index in [4.69, 9.17) is 12.2 Å². The first-order valence-corrected chi connectivity index (χ1v) is 13.4. The molecule has 0 saturated carbocycles. The van der Waals surface area contributed by atoms with Crippen molar-refractivity contribution in [2.24, 2.45) is 10.1 Å². The Kier molecular flexibility index (Phi) is 8.12. The van der Waals surface area contributed by atoms with Gasteiger partial charge in [0.15, 0.2) is 11.0 Å². The molecule has 1 aromatic heterocycles. The second kappa shape index (κ2) is 11.9. The maximum Gasteiger partial charge on any atom is 0.573 e. The zero-order valence-corrected chi connectivity index (χ0v) is 22.9. The van der Waals surface area contributed by atoms with Gasteiger partial charge in [-0.1, -0.05) is 48.2 Å². The summed E-state index contributed by atoms with van der Waals surface area (Å²) in [6, 6.07) is 20.1. The van der Waals surface area contributed by atoms with Crippen LogP contribution in [-0.4, -0.2) is 49.3 Å². The number of carbonyl (C=O) groups is 1. The van der Waals surface area contributed by atoms with Gasteiger partial charge in [-0.3, -0.25) is 15.1 Å². The molecule has 0 aliphatic carbocycles. The number of anilines is 1. The topological polar surface area (TPSA) is 97.0 Å². The number of rotatable bonds is 6. The number of para-hydroxylation sites is 1. The fraction of sp³-hybridized carbons (Fsp3) is 0.111. The Balaban J connectivity index is 1.24. The number of nitrogens with zero attached hydrogens (tertiary/aromatic N) is 6. The maximum atomic E-state index is 12.5. The summed E-state index contributed by atoms with van der Waals surface area (Å²) in [5.74, 6) is 0.278. The highest BCUT2D eigenvalue weighted by Gasteiger charge is 2.31. The number of amides is 1. The molecule has 4 aromatic rings. The Bertz CT molecular complexity index is 1650. The molecule has 14 heteroatoms. The van der Waals surface area contributed by atoms with Gasteiger partial charge in [0.25, 0.3) is 0 Å². The van der Waals surface area contributed by atoms with E-state index in [9.17, 15) is 18.0 Å². The Hall–Kier alpha value is -4.56. The van der Waals surface area contributed by atoms with Crippen molar-refractivity contribution < 1.29 is 22.7 Å². The number of nitrogens with one attached hydrogen (secondary N) is 1. The van der Waals surface area contributed by atoms with Crippen LogP contribution >= 0.6 is 24.0 Å². The van der Waals surface area contributed by atoms with Crippen LogP contribution in [-0.2, 0) is 4.79 Å². The van der Waals surface area contributed by atoms with E-state index in [0.717, 1.165) is 16.8 Å². The van der Waals surface area contributed by atoms with Crippen molar-refractivity contribution in [2.75, 3.05) is 10.7 Å². The number of hydrogen-bond acceptors (Lipinski definition) is 7. The molecule has 1 saturated heterocycles. The average Bonchev–Trinajstić information content (AvgIpc) is 3.56. The summed E-state index contributed by atoms with van der Waals surface area (Å²) in [6.45, 7) is 1.92. The smallest absolute Gasteiger partial charge is 0.406 e. The van der Waals surface area contributed by atoms with Crippen molar-refractivity contribution in [3.8, 4) is 22.8 Å². The molecule has 41 heavy (non-hydrogen) atoms. The number of hydrogen-bond donors (Lipinski definition) is 1. The van der Waals surface area contributed by atoms with Crippen LogP contribution in [0.2, 0.25) is 0 Å². The van der Waals surface area contributed by atoms with Crippen LogP contribution in [0.4, 0.5) is 18.9 Å². The first kappa shape index (κ1) is 28.0. The second-order valence-electron chi connectivity index (χ2n) is 8.55. The van der Waals surface area contributed by atoms with Crippen LogP contribution in [0.3, 0.4) is 0 Å². The lowest BCUT2D eigenvalue weighted by Crippen LogP contribution is -2.31. The number of hydrazone groups is 1. The number of aryl methyl sites for hydroxylation is 1. The third-order valence-corrected chi connectivity index (χ3v) is 6.77. The SMILES string of the molecule is Cc1ccccc1N1C(=O)CSC1=NC(=S)N/N=C/c1cccc(-c2ncn(-c3ccc(OC(F)(F)F)cc3)n2)c1. The number of thioether (sulfide) groups is 1. The molecule has 0 radical (unpaired) electrons. The summed E-state index contributed by atoms with van der Waals surface area (Å²) >= 11 is 6.62. The first-order chi connectivity index (χ1) is 19.7. The highest BCUT2D eigenvalue weighted by molar-refractivity contribution is 8.15. The van der Waals surface area contributed by atoms with E-state index in [1.54, 1.807) is 17.2 Å². The molecule has 1 aliphatic heterocycles. The van der Waals surface area contributed by atoms with Crippen molar-refractivity contribution >= 4 is 52.1 Å². The van der Waals surface area contributed by atoms with Crippen LogP contribution in [0.5, 0.6) is 5.75 Å². The maximum absolute atomic E-state index is 12.5. The Labute approximate surface area is 241 Å². The van der Waals surface area contributed by atoms with Gasteiger partial charge in [-0.25, -0.2) is 9.67 Å². The molecule has 2 heterocycles. The summed E-state index contributed by atoms with van der Waals surface area (Å²) < 4.78 is 42.5. The quantitative estimate of drug-likeness (QED) is 0.179. The van der Waals surface area contributed by atoms with Gasteiger partial charge in [-0.05, 0) is 66.7 Å². The monoisotopic (exact) mass is 595 g/mol. The molecule has 0 bridgehead atoms. The predicted octanol–water partition coefficient (Wildman–Crippen LogP) is 5.49. The van der Waals surface area contributed by atoms with E-state index in [0.29, 0.717) is 22.2 Å². The van der Waals surface area contributed by atoms with Crippen LogP contribution in [0, 0.1) is 6.92 Å². The van der Waals surface area contributed by atoms with Crippen LogP contribution in [0.1, 0.15) is 11.1 Å². The van der Waals surface area contributed by atoms with Crippen LogP contribution in [0.15, 0.2) is 89.2 Å². The van der Waals surface area contributed by atoms with Gasteiger partial charge in [0.2, 0.25) is 11.0 Å². The molecule has 0 atom stereocenters. The summed E-state index contributed by atoms with van der Waals surface area (Å²) in [6.07, 6.45) is -1.75. The minimum atomic E-state index is -4.76. The Morgan fingerprint density at radius 3 is 2.66 bits per heavy atom. The van der Waals surface area contributed by atoms with Gasteiger partial charge >= 0.3 is 6.36 Å². The zero-order chi connectivity index (χ0) is 29.0. The van der Waals surface area contributed by atoms with Crippen LogP contribution < -0.4 is 15.1 Å². The molecule has 1 amide bonds. The molecule has 1 N–H and O–H groups in total. The van der Waals surface area contributed by atoms with Gasteiger partial charge in [-0.15, -0.1) is 18.3 Å². The molecule has 9 nitrogen and oxygen atoms in total. The van der Waals surface area contributed by atoms with Gasteiger partial charge in [0.1, 0.15) is 12.1 Å². The molecule has 0 unspecified atom stereocenters. The summed E-state index contributed by atoms with van der Waals surface area (Å²) in [7, 11) is 0. The molecule has 1 aliphatic rings. The number of carbonyl (C=O) groups excluding carboxylic acids is 1. The van der Waals surface area contributed by atoms with Crippen molar-refractivity contribution in [3.05, 3.63) is 90.3 Å². The minimum absolute atomic E-state index is 0.0743. The molecule has 3 aromatic carbocycles. The molecule has 0 spiro atoms.